The van der Waals surface area contributed by atoms with Gasteiger partial charge in [-0.1, -0.05) is 0 Å². The Hall–Kier alpha value is 1.49. The molecule has 0 bridgehead atoms. The molecule has 0 spiro atoms. The molecule has 0 fully saturated rings. The van der Waals surface area contributed by atoms with Crippen LogP contribution in [0.1, 0.15) is 2.85 Å². The van der Waals surface area contributed by atoms with Crippen LogP contribution in [0, 0.1) is 0 Å². The van der Waals surface area contributed by atoms with Gasteiger partial charge in [-0.2, -0.15) is 0 Å². The quantitative estimate of drug-likeness (QED) is 0.271. The van der Waals surface area contributed by atoms with Crippen molar-refractivity contribution >= 4 is 0 Å². The molecule has 4 heteroatoms. The Bertz CT molecular complexity index is 11.5. The molecule has 0 rings (SSSR count). The van der Waals surface area contributed by atoms with E-state index in [0.717, 1.165) is 0 Å². The first-order chi connectivity index (χ1) is 1.00. The van der Waals surface area contributed by atoms with E-state index in [9.17, 15) is 0 Å². The van der Waals surface area contributed by atoms with Crippen molar-refractivity contribution in [2.75, 3.05) is 0 Å². The van der Waals surface area contributed by atoms with Crippen LogP contribution in [0.25, 0.3) is 0 Å². The van der Waals surface area contributed by atoms with Crippen LogP contribution in [-0.4, -0.2) is 0 Å². The van der Waals surface area contributed by atoms with Crippen LogP contribution in [0.2, 0.25) is 0 Å². The van der Waals surface area contributed by atoms with Gasteiger partial charge in [0.25, 0.3) is 0 Å². The zero-order chi connectivity index (χ0) is 2.00. The van der Waals surface area contributed by atoms with E-state index in [4.69, 9.17) is 3.90 Å². The van der Waals surface area contributed by atoms with Crippen molar-refractivity contribution in [3.63, 3.8) is 0 Å². The number of hydrogen-bond donors (Lipinski definition) is 0. The van der Waals surface area contributed by atoms with Crippen LogP contribution >= 0.6 is 0 Å². The van der Waals surface area contributed by atoms with E-state index in [0.29, 0.717) is 0 Å². The first-order valence-corrected chi connectivity index (χ1v) is 0.532. The minimum absolute atomic E-state index is 0. The predicted molar refractivity (Wildman–Crippen MR) is 2.91 cm³/mol. The van der Waals surface area contributed by atoms with E-state index >= 15 is 0 Å². The van der Waals surface area contributed by atoms with Gasteiger partial charge in [0, 0.05) is 0 Å². The topological polar surface area (TPSA) is 17.1 Å². The fourth-order valence-corrected chi connectivity index (χ4v) is 0. The van der Waals surface area contributed by atoms with Gasteiger partial charge in [0.1, 0.15) is 0 Å². The van der Waals surface area contributed by atoms with Crippen molar-refractivity contribution < 1.29 is 59.9 Å². The fraction of sp³-hybridized carbons (Fsp3) is 0. The van der Waals surface area contributed by atoms with Gasteiger partial charge in [0.2, 0.25) is 0 Å². The first kappa shape index (κ1) is 17.9. The van der Waals surface area contributed by atoms with Crippen molar-refractivity contribution in [2.45, 2.75) is 0 Å². The van der Waals surface area contributed by atoms with Gasteiger partial charge in [-0.05, 0) is 0 Å². The second kappa shape index (κ2) is 24.7. The molecule has 0 unspecified atom stereocenters. The second-order valence-corrected chi connectivity index (χ2v) is 0. The van der Waals surface area contributed by atoms with Crippen molar-refractivity contribution in [1.82, 2.24) is 0 Å². The molecule has 1 nitrogen and oxygen atoms in total. The van der Waals surface area contributed by atoms with Crippen LogP contribution < -0.4 is 37.7 Å². The average molecular weight is 90.6 g/mol. The molecule has 0 amide bonds. The molecule has 0 saturated heterocycles. The summed E-state index contributed by atoms with van der Waals surface area (Å²) in [6.45, 7) is 0. The summed E-state index contributed by atoms with van der Waals surface area (Å²) in [4.78, 5) is 0. The van der Waals surface area contributed by atoms with Crippen molar-refractivity contribution in [3.05, 3.63) is 0 Å². The number of hydrogen-bond acceptors (Lipinski definition) is 1. The summed E-state index contributed by atoms with van der Waals surface area (Å²) in [5.41, 5.74) is 0. The SMILES string of the molecule is [H-].[H-].[Li+].[Li+].[O]=[Ni]. The third-order valence-electron chi connectivity index (χ3n) is 0. The normalized spacial score (nSPS) is 1.50. The Morgan fingerprint density at radius 2 is 1.25 bits per heavy atom. The van der Waals surface area contributed by atoms with Crippen LogP contribution in [0.5, 0.6) is 0 Å². The first-order valence-electron chi connectivity index (χ1n) is 0.129. The van der Waals surface area contributed by atoms with Gasteiger partial charge in [-0.3, -0.25) is 0 Å². The molecule has 4 heavy (non-hydrogen) atoms. The van der Waals surface area contributed by atoms with E-state index in [1.54, 1.807) is 0 Å². The molecule has 0 aromatic heterocycles. The third kappa shape index (κ3) is 9.75. The van der Waals surface area contributed by atoms with Crippen LogP contribution in [0.15, 0.2) is 0 Å². The molecular formula is H2Li2NiO. The van der Waals surface area contributed by atoms with Gasteiger partial charge in [-0.25, -0.2) is 0 Å². The van der Waals surface area contributed by atoms with Crippen molar-refractivity contribution in [3.8, 4) is 0 Å². The molecule has 0 aliphatic heterocycles. The Morgan fingerprint density at radius 3 is 1.25 bits per heavy atom. The summed E-state index contributed by atoms with van der Waals surface area (Å²) >= 11 is 2.62. The summed E-state index contributed by atoms with van der Waals surface area (Å²) in [6, 6.07) is 0. The fourth-order valence-electron chi connectivity index (χ4n) is 0. The van der Waals surface area contributed by atoms with Gasteiger partial charge in [-0.15, -0.1) is 0 Å². The Kier molecular flexibility index (Phi) is 110. The Labute approximate surface area is 59.8 Å². The third-order valence-corrected chi connectivity index (χ3v) is 0. The van der Waals surface area contributed by atoms with Gasteiger partial charge in [0.05, 0.1) is 0 Å². The maximum atomic E-state index is 7.88. The molecule has 0 aliphatic carbocycles. The predicted octanol–water partition coefficient (Wildman–Crippen LogP) is -5.89. The summed E-state index contributed by atoms with van der Waals surface area (Å²) in [5, 5.41) is 0. The average Bonchev–Trinajstić information content (AvgIpc) is 1.00. The molecule has 0 atom stereocenters. The number of rotatable bonds is 0. The molecule has 0 radical (unpaired) electrons. The van der Waals surface area contributed by atoms with E-state index in [-0.39, 0.29) is 40.6 Å². The van der Waals surface area contributed by atoms with E-state index in [2.05, 4.69) is 15.4 Å². The van der Waals surface area contributed by atoms with Crippen LogP contribution in [0.3, 0.4) is 0 Å². The van der Waals surface area contributed by atoms with Gasteiger partial charge >= 0.3 is 57.0 Å². The maximum absolute atomic E-state index is 7.88. The summed E-state index contributed by atoms with van der Waals surface area (Å²) in [6.07, 6.45) is 0. The molecule has 0 heterocycles. The van der Waals surface area contributed by atoms with Crippen molar-refractivity contribution in [2.24, 2.45) is 0 Å². The standard InChI is InChI=1S/2Li.Ni.O.2H/q2*+1;;;2*-1. The van der Waals surface area contributed by atoms with Gasteiger partial charge < -0.3 is 2.85 Å². The summed E-state index contributed by atoms with van der Waals surface area (Å²) in [5.74, 6) is 0. The summed E-state index contributed by atoms with van der Waals surface area (Å²) < 4.78 is 7.88. The molecule has 0 aromatic rings. The van der Waals surface area contributed by atoms with E-state index in [1.807, 2.05) is 0 Å². The zero-order valence-electron chi connectivity index (χ0n) is 4.72. The molecule has 0 saturated carbocycles. The van der Waals surface area contributed by atoms with Crippen LogP contribution in [-0.2, 0) is 19.3 Å². The monoisotopic (exact) mass is 90.0 g/mol. The molecule has 0 aromatic carbocycles. The van der Waals surface area contributed by atoms with Crippen LogP contribution in [0.4, 0.5) is 0 Å². The molecular weight excluding hydrogens is 88.6 g/mol. The summed E-state index contributed by atoms with van der Waals surface area (Å²) in [7, 11) is 0. The van der Waals surface area contributed by atoms with Crippen molar-refractivity contribution in [1.29, 1.82) is 0 Å². The van der Waals surface area contributed by atoms with E-state index in [1.165, 1.54) is 0 Å². The minimum atomic E-state index is 0. The Morgan fingerprint density at radius 1 is 1.25 bits per heavy atom. The molecule has 0 aliphatic rings. The van der Waals surface area contributed by atoms with Gasteiger partial charge in [0.15, 0.2) is 0 Å². The Balaban J connectivity index is -0.000000000833. The second-order valence-electron chi connectivity index (χ2n) is 0. The zero-order valence-corrected chi connectivity index (χ0v) is 3.71. The molecule has 0 N–H and O–H groups in total. The van der Waals surface area contributed by atoms with E-state index < -0.39 is 0 Å². The molecule has 20 valence electrons.